The number of hydrogen-bond acceptors (Lipinski definition) is 3. The second-order valence-electron chi connectivity index (χ2n) is 5.22. The second-order valence-corrected chi connectivity index (χ2v) is 5.65. The van der Waals surface area contributed by atoms with Crippen LogP contribution in [0.15, 0.2) is 24.3 Å². The predicted octanol–water partition coefficient (Wildman–Crippen LogP) is 2.20. The van der Waals surface area contributed by atoms with Gasteiger partial charge in [0.2, 0.25) is 5.91 Å². The first-order valence-electron chi connectivity index (χ1n) is 6.95. The summed E-state index contributed by atoms with van der Waals surface area (Å²) in [5.41, 5.74) is 6.50. The maximum absolute atomic E-state index is 12.7. The van der Waals surface area contributed by atoms with Gasteiger partial charge in [0.15, 0.2) is 0 Å². The smallest absolute Gasteiger partial charge is 0.243 e. The molecule has 0 radical (unpaired) electrons. The van der Waals surface area contributed by atoms with E-state index in [1.165, 1.54) is 0 Å². The van der Waals surface area contributed by atoms with Crippen molar-refractivity contribution in [2.45, 2.75) is 31.8 Å². The van der Waals surface area contributed by atoms with E-state index in [9.17, 15) is 4.79 Å². The van der Waals surface area contributed by atoms with Crippen LogP contribution in [0.3, 0.4) is 0 Å². The number of rotatable bonds is 4. The van der Waals surface area contributed by atoms with E-state index in [1.807, 2.05) is 31.2 Å². The Morgan fingerprint density at radius 1 is 1.45 bits per heavy atom. The van der Waals surface area contributed by atoms with Crippen molar-refractivity contribution in [1.29, 1.82) is 0 Å². The molecule has 1 heterocycles. The topological polar surface area (TPSA) is 55.6 Å². The monoisotopic (exact) mass is 296 g/mol. The zero-order valence-electron chi connectivity index (χ0n) is 11.8. The van der Waals surface area contributed by atoms with Gasteiger partial charge in [-0.1, -0.05) is 23.7 Å². The van der Waals surface area contributed by atoms with Crippen molar-refractivity contribution in [3.8, 4) is 0 Å². The van der Waals surface area contributed by atoms with Gasteiger partial charge in [-0.3, -0.25) is 4.79 Å². The number of nitrogens with two attached hydrogens (primary N) is 1. The number of carbonyl (C=O) groups excluding carboxylic acids is 1. The lowest BCUT2D eigenvalue weighted by Crippen LogP contribution is -2.57. The molecule has 4 nitrogen and oxygen atoms in total. The van der Waals surface area contributed by atoms with Gasteiger partial charge in [0.25, 0.3) is 0 Å². The molecular formula is C15H21ClN2O2. The van der Waals surface area contributed by atoms with E-state index in [-0.39, 0.29) is 5.91 Å². The fourth-order valence-corrected chi connectivity index (χ4v) is 2.66. The van der Waals surface area contributed by atoms with Crippen LogP contribution in [0.1, 0.15) is 25.3 Å². The summed E-state index contributed by atoms with van der Waals surface area (Å²) in [6.45, 7) is 4.24. The molecule has 2 rings (SSSR count). The molecule has 0 aromatic heterocycles. The van der Waals surface area contributed by atoms with Crippen LogP contribution in [0.2, 0.25) is 5.02 Å². The number of carbonyl (C=O) groups is 1. The highest BCUT2D eigenvalue weighted by molar-refractivity contribution is 6.30. The van der Waals surface area contributed by atoms with E-state index in [1.54, 1.807) is 4.90 Å². The fourth-order valence-electron chi connectivity index (χ4n) is 2.45. The second kappa shape index (κ2) is 6.57. The summed E-state index contributed by atoms with van der Waals surface area (Å²) in [7, 11) is 0. The number of hydrogen-bond donors (Lipinski definition) is 1. The molecule has 0 bridgehead atoms. The number of benzene rings is 1. The van der Waals surface area contributed by atoms with Crippen LogP contribution in [0.25, 0.3) is 0 Å². The van der Waals surface area contributed by atoms with Crippen molar-refractivity contribution in [3.63, 3.8) is 0 Å². The molecule has 20 heavy (non-hydrogen) atoms. The third-order valence-electron chi connectivity index (χ3n) is 3.74. The Kier molecular flexibility index (Phi) is 5.02. The molecule has 1 aliphatic heterocycles. The summed E-state index contributed by atoms with van der Waals surface area (Å²) in [5, 5.41) is 0.680. The highest BCUT2D eigenvalue weighted by Gasteiger charge is 2.38. The van der Waals surface area contributed by atoms with E-state index in [4.69, 9.17) is 22.1 Å². The standard InChI is InChI=1S/C15H21ClN2O2/c1-2-18(11-12-4-3-5-13(16)10-12)14(19)15(17)6-8-20-9-7-15/h3-5,10H,2,6-9,11,17H2,1H3. The quantitative estimate of drug-likeness (QED) is 0.927. The molecule has 0 saturated carbocycles. The van der Waals surface area contributed by atoms with E-state index in [0.29, 0.717) is 44.2 Å². The molecule has 5 heteroatoms. The number of ether oxygens (including phenoxy) is 1. The molecular weight excluding hydrogens is 276 g/mol. The van der Waals surface area contributed by atoms with Crippen molar-refractivity contribution < 1.29 is 9.53 Å². The average molecular weight is 297 g/mol. The van der Waals surface area contributed by atoms with Crippen LogP contribution in [0, 0.1) is 0 Å². The Morgan fingerprint density at radius 3 is 2.75 bits per heavy atom. The van der Waals surface area contributed by atoms with Crippen LogP contribution in [-0.4, -0.2) is 36.1 Å². The van der Waals surface area contributed by atoms with Crippen molar-refractivity contribution >= 4 is 17.5 Å². The molecule has 0 atom stereocenters. The van der Waals surface area contributed by atoms with Crippen molar-refractivity contribution in [1.82, 2.24) is 4.90 Å². The van der Waals surface area contributed by atoms with Crippen LogP contribution >= 0.6 is 11.6 Å². The zero-order valence-corrected chi connectivity index (χ0v) is 12.5. The Hall–Kier alpha value is -1.10. The maximum Gasteiger partial charge on any atom is 0.243 e. The minimum absolute atomic E-state index is 0.00303. The first kappa shape index (κ1) is 15.3. The van der Waals surface area contributed by atoms with Gasteiger partial charge in [0.1, 0.15) is 0 Å². The minimum Gasteiger partial charge on any atom is -0.381 e. The molecule has 1 saturated heterocycles. The highest BCUT2D eigenvalue weighted by atomic mass is 35.5. The molecule has 1 fully saturated rings. The molecule has 2 N–H and O–H groups in total. The summed E-state index contributed by atoms with van der Waals surface area (Å²) in [6.07, 6.45) is 1.16. The van der Waals surface area contributed by atoms with E-state index in [0.717, 1.165) is 5.56 Å². The number of likely N-dealkylation sites (N-methyl/N-ethyl adjacent to an activating group) is 1. The third kappa shape index (κ3) is 3.51. The average Bonchev–Trinajstić information content (AvgIpc) is 2.45. The lowest BCUT2D eigenvalue weighted by molar-refractivity contribution is -0.141. The molecule has 1 amide bonds. The first-order chi connectivity index (χ1) is 9.55. The summed E-state index contributed by atoms with van der Waals surface area (Å²) in [5.74, 6) is 0.00303. The number of amides is 1. The highest BCUT2D eigenvalue weighted by Crippen LogP contribution is 2.22. The van der Waals surface area contributed by atoms with Gasteiger partial charge in [0.05, 0.1) is 5.54 Å². The fraction of sp³-hybridized carbons (Fsp3) is 0.533. The normalized spacial score (nSPS) is 17.8. The van der Waals surface area contributed by atoms with Gasteiger partial charge in [-0.2, -0.15) is 0 Å². The van der Waals surface area contributed by atoms with E-state index < -0.39 is 5.54 Å². The largest absolute Gasteiger partial charge is 0.381 e. The predicted molar refractivity (Wildman–Crippen MR) is 79.5 cm³/mol. The van der Waals surface area contributed by atoms with Gasteiger partial charge < -0.3 is 15.4 Å². The van der Waals surface area contributed by atoms with Crippen molar-refractivity contribution in [2.75, 3.05) is 19.8 Å². The molecule has 0 unspecified atom stereocenters. The van der Waals surface area contributed by atoms with Gasteiger partial charge in [0, 0.05) is 31.3 Å². The van der Waals surface area contributed by atoms with Crippen LogP contribution < -0.4 is 5.73 Å². The Bertz CT molecular complexity index is 473. The van der Waals surface area contributed by atoms with Crippen molar-refractivity contribution in [2.24, 2.45) is 5.73 Å². The molecule has 1 aromatic carbocycles. The van der Waals surface area contributed by atoms with Gasteiger partial charge in [-0.15, -0.1) is 0 Å². The summed E-state index contributed by atoms with van der Waals surface area (Å²) >= 11 is 5.98. The molecule has 0 spiro atoms. The number of nitrogens with zero attached hydrogens (tertiary/aromatic N) is 1. The van der Waals surface area contributed by atoms with E-state index in [2.05, 4.69) is 0 Å². The molecule has 0 aliphatic carbocycles. The number of halogens is 1. The Balaban J connectivity index is 2.09. The van der Waals surface area contributed by atoms with Gasteiger partial charge >= 0.3 is 0 Å². The van der Waals surface area contributed by atoms with Crippen LogP contribution in [-0.2, 0) is 16.1 Å². The first-order valence-corrected chi connectivity index (χ1v) is 7.33. The lowest BCUT2D eigenvalue weighted by Gasteiger charge is -2.36. The molecule has 1 aliphatic rings. The third-order valence-corrected chi connectivity index (χ3v) is 3.98. The van der Waals surface area contributed by atoms with Gasteiger partial charge in [-0.05, 0) is 37.5 Å². The maximum atomic E-state index is 12.7. The molecule has 110 valence electrons. The SMILES string of the molecule is CCN(Cc1cccc(Cl)c1)C(=O)C1(N)CCOCC1. The molecule has 1 aromatic rings. The van der Waals surface area contributed by atoms with Crippen molar-refractivity contribution in [3.05, 3.63) is 34.9 Å². The van der Waals surface area contributed by atoms with Gasteiger partial charge in [-0.25, -0.2) is 0 Å². The van der Waals surface area contributed by atoms with Crippen LogP contribution in [0.5, 0.6) is 0 Å². The summed E-state index contributed by atoms with van der Waals surface area (Å²) in [6, 6.07) is 7.56. The summed E-state index contributed by atoms with van der Waals surface area (Å²) < 4.78 is 5.29. The zero-order chi connectivity index (χ0) is 14.6. The summed E-state index contributed by atoms with van der Waals surface area (Å²) in [4.78, 5) is 14.4. The Morgan fingerprint density at radius 2 is 2.15 bits per heavy atom. The Labute approximate surface area is 124 Å². The van der Waals surface area contributed by atoms with E-state index >= 15 is 0 Å². The lowest BCUT2D eigenvalue weighted by atomic mass is 9.89. The minimum atomic E-state index is -0.785. The van der Waals surface area contributed by atoms with Crippen LogP contribution in [0.4, 0.5) is 0 Å².